The van der Waals surface area contributed by atoms with E-state index < -0.39 is 5.82 Å². The number of nitrogens with zero attached hydrogens (tertiary/aromatic N) is 2. The van der Waals surface area contributed by atoms with Crippen LogP contribution in [0, 0.1) is 12.7 Å². The Balaban J connectivity index is 1.86. The van der Waals surface area contributed by atoms with Crippen LogP contribution in [0.15, 0.2) is 24.4 Å². The average Bonchev–Trinajstić information content (AvgIpc) is 3.01. The van der Waals surface area contributed by atoms with E-state index in [2.05, 4.69) is 15.3 Å². The maximum atomic E-state index is 13.4. The van der Waals surface area contributed by atoms with Gasteiger partial charge in [-0.25, -0.2) is 14.4 Å². The number of aromatic nitrogens is 2. The molecule has 6 heteroatoms. The standard InChI is InChI=1S/C16H16FN3O2/c1-10-14(11-2-3-15(17)12(6-11)8-21)7-18-16(19-10)20-13-4-5-22-9-13/h2-3,6-8,13H,4-5,9H2,1H3,(H,18,19,20). The minimum Gasteiger partial charge on any atom is -0.379 e. The number of aldehydes is 1. The average molecular weight is 301 g/mol. The van der Waals surface area contributed by atoms with E-state index in [0.29, 0.717) is 18.8 Å². The van der Waals surface area contributed by atoms with Gasteiger partial charge >= 0.3 is 0 Å². The Labute approximate surface area is 127 Å². The van der Waals surface area contributed by atoms with E-state index in [-0.39, 0.29) is 11.6 Å². The normalized spacial score (nSPS) is 17.5. The largest absolute Gasteiger partial charge is 0.379 e. The molecule has 1 N–H and O–H groups in total. The third-order valence-electron chi connectivity index (χ3n) is 3.68. The molecule has 0 spiro atoms. The van der Waals surface area contributed by atoms with Gasteiger partial charge in [0.25, 0.3) is 0 Å². The summed E-state index contributed by atoms with van der Waals surface area (Å²) >= 11 is 0. The first-order chi connectivity index (χ1) is 10.7. The molecule has 114 valence electrons. The number of rotatable bonds is 4. The number of anilines is 1. The molecule has 1 aliphatic heterocycles. The van der Waals surface area contributed by atoms with Crippen molar-refractivity contribution in [1.82, 2.24) is 9.97 Å². The van der Waals surface area contributed by atoms with Gasteiger partial charge in [0.05, 0.1) is 23.9 Å². The van der Waals surface area contributed by atoms with Crippen molar-refractivity contribution in [3.05, 3.63) is 41.5 Å². The minimum atomic E-state index is -0.531. The topological polar surface area (TPSA) is 64.1 Å². The van der Waals surface area contributed by atoms with Crippen molar-refractivity contribution in [2.24, 2.45) is 0 Å². The molecule has 3 rings (SSSR count). The van der Waals surface area contributed by atoms with Crippen LogP contribution in [0.4, 0.5) is 10.3 Å². The molecule has 1 atom stereocenters. The second-order valence-corrected chi connectivity index (χ2v) is 5.25. The maximum absolute atomic E-state index is 13.4. The zero-order valence-electron chi connectivity index (χ0n) is 12.2. The van der Waals surface area contributed by atoms with Crippen molar-refractivity contribution >= 4 is 12.2 Å². The van der Waals surface area contributed by atoms with Gasteiger partial charge in [-0.15, -0.1) is 0 Å². The van der Waals surface area contributed by atoms with E-state index in [9.17, 15) is 9.18 Å². The van der Waals surface area contributed by atoms with Gasteiger partial charge in [-0.3, -0.25) is 4.79 Å². The fourth-order valence-corrected chi connectivity index (χ4v) is 2.45. The number of benzene rings is 1. The van der Waals surface area contributed by atoms with Crippen LogP contribution in [0.25, 0.3) is 11.1 Å². The van der Waals surface area contributed by atoms with Crippen LogP contribution >= 0.6 is 0 Å². The van der Waals surface area contributed by atoms with E-state index in [1.54, 1.807) is 12.3 Å². The Morgan fingerprint density at radius 1 is 1.45 bits per heavy atom. The molecule has 0 amide bonds. The zero-order chi connectivity index (χ0) is 15.5. The van der Waals surface area contributed by atoms with E-state index in [1.807, 2.05) is 6.92 Å². The molecule has 1 fully saturated rings. The fourth-order valence-electron chi connectivity index (χ4n) is 2.45. The van der Waals surface area contributed by atoms with Crippen molar-refractivity contribution < 1.29 is 13.9 Å². The molecule has 5 nitrogen and oxygen atoms in total. The van der Waals surface area contributed by atoms with E-state index >= 15 is 0 Å². The lowest BCUT2D eigenvalue weighted by molar-refractivity contribution is 0.112. The van der Waals surface area contributed by atoms with Crippen LogP contribution in [0.2, 0.25) is 0 Å². The molecule has 1 unspecified atom stereocenters. The summed E-state index contributed by atoms with van der Waals surface area (Å²) in [7, 11) is 0. The number of hydrogen-bond acceptors (Lipinski definition) is 5. The minimum absolute atomic E-state index is 0.0298. The number of ether oxygens (including phenoxy) is 1. The highest BCUT2D eigenvalue weighted by Crippen LogP contribution is 2.24. The van der Waals surface area contributed by atoms with Crippen LogP contribution in [-0.4, -0.2) is 35.5 Å². The highest BCUT2D eigenvalue weighted by atomic mass is 19.1. The highest BCUT2D eigenvalue weighted by molar-refractivity contribution is 5.79. The Morgan fingerprint density at radius 2 is 2.32 bits per heavy atom. The lowest BCUT2D eigenvalue weighted by Crippen LogP contribution is -2.20. The van der Waals surface area contributed by atoms with Crippen LogP contribution < -0.4 is 5.32 Å². The Kier molecular flexibility index (Phi) is 4.11. The monoisotopic (exact) mass is 301 g/mol. The van der Waals surface area contributed by atoms with E-state index in [4.69, 9.17) is 4.74 Å². The summed E-state index contributed by atoms with van der Waals surface area (Å²) in [5.74, 6) is 0.0197. The molecule has 1 aliphatic rings. The van der Waals surface area contributed by atoms with Crippen molar-refractivity contribution in [2.75, 3.05) is 18.5 Å². The summed E-state index contributed by atoms with van der Waals surface area (Å²) in [5, 5.41) is 3.23. The number of aryl methyl sites for hydroxylation is 1. The number of carbonyl (C=O) groups excluding carboxylic acids is 1. The van der Waals surface area contributed by atoms with Crippen LogP contribution in [0.1, 0.15) is 22.5 Å². The number of halogens is 1. The lowest BCUT2D eigenvalue weighted by Gasteiger charge is -2.12. The van der Waals surface area contributed by atoms with Gasteiger partial charge in [0, 0.05) is 18.4 Å². The first-order valence-corrected chi connectivity index (χ1v) is 7.10. The number of nitrogens with one attached hydrogen (secondary N) is 1. The second-order valence-electron chi connectivity index (χ2n) is 5.25. The summed E-state index contributed by atoms with van der Waals surface area (Å²) in [4.78, 5) is 19.6. The molecule has 0 saturated carbocycles. The van der Waals surface area contributed by atoms with Gasteiger partial charge in [0.1, 0.15) is 5.82 Å². The second kappa shape index (κ2) is 6.19. The first-order valence-electron chi connectivity index (χ1n) is 7.10. The molecule has 2 aromatic rings. The summed E-state index contributed by atoms with van der Waals surface area (Å²) in [6.07, 6.45) is 3.12. The summed E-state index contributed by atoms with van der Waals surface area (Å²) in [6, 6.07) is 4.64. The molecule has 0 radical (unpaired) electrons. The third kappa shape index (κ3) is 2.96. The van der Waals surface area contributed by atoms with Gasteiger partial charge in [-0.1, -0.05) is 6.07 Å². The molecular formula is C16H16FN3O2. The van der Waals surface area contributed by atoms with Gasteiger partial charge < -0.3 is 10.1 Å². The molecule has 1 saturated heterocycles. The van der Waals surface area contributed by atoms with Crippen molar-refractivity contribution in [2.45, 2.75) is 19.4 Å². The lowest BCUT2D eigenvalue weighted by atomic mass is 10.0. The van der Waals surface area contributed by atoms with Gasteiger partial charge in [0.2, 0.25) is 5.95 Å². The Bertz CT molecular complexity index is 700. The van der Waals surface area contributed by atoms with Crippen molar-refractivity contribution in [3.63, 3.8) is 0 Å². The summed E-state index contributed by atoms with van der Waals surface area (Å²) < 4.78 is 18.7. The third-order valence-corrected chi connectivity index (χ3v) is 3.68. The van der Waals surface area contributed by atoms with Crippen LogP contribution in [0.3, 0.4) is 0 Å². The van der Waals surface area contributed by atoms with Crippen LogP contribution in [-0.2, 0) is 4.74 Å². The number of carbonyl (C=O) groups is 1. The molecule has 1 aromatic carbocycles. The van der Waals surface area contributed by atoms with Gasteiger partial charge in [-0.05, 0) is 31.0 Å². The van der Waals surface area contributed by atoms with Gasteiger partial charge in [0.15, 0.2) is 6.29 Å². The van der Waals surface area contributed by atoms with Gasteiger partial charge in [-0.2, -0.15) is 0 Å². The molecular weight excluding hydrogens is 285 g/mol. The molecule has 0 aliphatic carbocycles. The van der Waals surface area contributed by atoms with E-state index in [1.165, 1.54) is 12.1 Å². The quantitative estimate of drug-likeness (QED) is 0.879. The predicted octanol–water partition coefficient (Wildman–Crippen LogP) is 2.60. The molecule has 0 bridgehead atoms. The summed E-state index contributed by atoms with van der Waals surface area (Å²) in [5.41, 5.74) is 2.29. The zero-order valence-corrected chi connectivity index (χ0v) is 12.2. The van der Waals surface area contributed by atoms with Crippen molar-refractivity contribution in [1.29, 1.82) is 0 Å². The van der Waals surface area contributed by atoms with Crippen molar-refractivity contribution in [3.8, 4) is 11.1 Å². The Hall–Kier alpha value is -2.34. The molecule has 1 aromatic heterocycles. The Morgan fingerprint density at radius 3 is 3.00 bits per heavy atom. The predicted molar refractivity (Wildman–Crippen MR) is 80.4 cm³/mol. The molecule has 22 heavy (non-hydrogen) atoms. The van der Waals surface area contributed by atoms with E-state index in [0.717, 1.165) is 29.8 Å². The first kappa shape index (κ1) is 14.6. The number of hydrogen-bond donors (Lipinski definition) is 1. The summed E-state index contributed by atoms with van der Waals surface area (Å²) in [6.45, 7) is 3.26. The highest BCUT2D eigenvalue weighted by Gasteiger charge is 2.17. The maximum Gasteiger partial charge on any atom is 0.223 e. The molecule has 2 heterocycles. The fraction of sp³-hybridized carbons (Fsp3) is 0.312. The SMILES string of the molecule is Cc1nc(NC2CCOC2)ncc1-c1ccc(F)c(C=O)c1. The smallest absolute Gasteiger partial charge is 0.223 e. The van der Waals surface area contributed by atoms with Crippen LogP contribution in [0.5, 0.6) is 0 Å².